The molecule has 1 unspecified atom stereocenters. The summed E-state index contributed by atoms with van der Waals surface area (Å²) in [5.74, 6) is 0.701. The van der Waals surface area contributed by atoms with Crippen molar-refractivity contribution in [3.05, 3.63) is 36.0 Å². The van der Waals surface area contributed by atoms with Crippen LogP contribution in [0.15, 0.2) is 31.0 Å². The molecule has 0 aliphatic rings. The van der Waals surface area contributed by atoms with Crippen molar-refractivity contribution in [1.82, 2.24) is 4.98 Å². The standard InChI is InChI=1S/C9H11ClN2/c1-3-7(2)12-9-8(10)5-4-6-11-9/h3-7H,1H2,2H3,(H,11,12). The van der Waals surface area contributed by atoms with Gasteiger partial charge in [-0.1, -0.05) is 17.7 Å². The minimum atomic E-state index is 0.178. The van der Waals surface area contributed by atoms with Crippen LogP contribution in [0.5, 0.6) is 0 Å². The lowest BCUT2D eigenvalue weighted by molar-refractivity contribution is 0.984. The van der Waals surface area contributed by atoms with Crippen molar-refractivity contribution in [2.24, 2.45) is 0 Å². The third-order valence-electron chi connectivity index (χ3n) is 1.48. The van der Waals surface area contributed by atoms with E-state index in [-0.39, 0.29) is 6.04 Å². The monoisotopic (exact) mass is 182 g/mol. The summed E-state index contributed by atoms with van der Waals surface area (Å²) < 4.78 is 0. The molecule has 3 heteroatoms. The van der Waals surface area contributed by atoms with Crippen molar-refractivity contribution in [1.29, 1.82) is 0 Å². The maximum atomic E-state index is 5.87. The Hall–Kier alpha value is -1.02. The fraction of sp³-hybridized carbons (Fsp3) is 0.222. The summed E-state index contributed by atoms with van der Waals surface area (Å²) in [5, 5.41) is 3.73. The van der Waals surface area contributed by atoms with E-state index in [2.05, 4.69) is 16.9 Å². The second-order valence-electron chi connectivity index (χ2n) is 2.50. The largest absolute Gasteiger partial charge is 0.363 e. The van der Waals surface area contributed by atoms with E-state index in [9.17, 15) is 0 Å². The molecular weight excluding hydrogens is 172 g/mol. The Bertz CT molecular complexity index is 273. The van der Waals surface area contributed by atoms with Crippen LogP contribution >= 0.6 is 11.6 Å². The van der Waals surface area contributed by atoms with Gasteiger partial charge in [-0.15, -0.1) is 6.58 Å². The van der Waals surface area contributed by atoms with Crippen LogP contribution in [0, 0.1) is 0 Å². The van der Waals surface area contributed by atoms with Gasteiger partial charge >= 0.3 is 0 Å². The lowest BCUT2D eigenvalue weighted by atomic mass is 10.3. The zero-order valence-corrected chi connectivity index (χ0v) is 7.67. The molecule has 0 amide bonds. The van der Waals surface area contributed by atoms with Crippen molar-refractivity contribution in [2.45, 2.75) is 13.0 Å². The molecule has 2 nitrogen and oxygen atoms in total. The summed E-state index contributed by atoms with van der Waals surface area (Å²) >= 11 is 5.87. The highest BCUT2D eigenvalue weighted by molar-refractivity contribution is 6.32. The Morgan fingerprint density at radius 3 is 3.08 bits per heavy atom. The topological polar surface area (TPSA) is 24.9 Å². The molecule has 0 saturated heterocycles. The van der Waals surface area contributed by atoms with Crippen molar-refractivity contribution in [3.63, 3.8) is 0 Å². The quantitative estimate of drug-likeness (QED) is 0.728. The molecule has 0 aliphatic carbocycles. The number of pyridine rings is 1. The summed E-state index contributed by atoms with van der Waals surface area (Å²) in [7, 11) is 0. The molecule has 1 N–H and O–H groups in total. The van der Waals surface area contributed by atoms with E-state index in [0.29, 0.717) is 10.8 Å². The number of anilines is 1. The van der Waals surface area contributed by atoms with Crippen LogP contribution in [0.4, 0.5) is 5.82 Å². The van der Waals surface area contributed by atoms with Gasteiger partial charge in [-0.25, -0.2) is 4.98 Å². The second-order valence-corrected chi connectivity index (χ2v) is 2.91. The highest BCUT2D eigenvalue weighted by Gasteiger charge is 2.01. The van der Waals surface area contributed by atoms with Crippen molar-refractivity contribution >= 4 is 17.4 Å². The third-order valence-corrected chi connectivity index (χ3v) is 1.78. The van der Waals surface area contributed by atoms with Crippen LogP contribution in [0.1, 0.15) is 6.92 Å². The Balaban J connectivity index is 2.75. The number of rotatable bonds is 3. The highest BCUT2D eigenvalue weighted by Crippen LogP contribution is 2.17. The SMILES string of the molecule is C=CC(C)Nc1ncccc1Cl. The van der Waals surface area contributed by atoms with E-state index < -0.39 is 0 Å². The average molecular weight is 183 g/mol. The highest BCUT2D eigenvalue weighted by atomic mass is 35.5. The van der Waals surface area contributed by atoms with Crippen LogP contribution in [-0.2, 0) is 0 Å². The first-order chi connectivity index (χ1) is 5.74. The molecule has 0 aliphatic heterocycles. The Morgan fingerprint density at radius 2 is 2.50 bits per heavy atom. The van der Waals surface area contributed by atoms with E-state index in [1.165, 1.54) is 0 Å². The first kappa shape index (κ1) is 9.07. The van der Waals surface area contributed by atoms with Crippen molar-refractivity contribution in [3.8, 4) is 0 Å². The first-order valence-electron chi connectivity index (χ1n) is 3.73. The normalized spacial score (nSPS) is 12.2. The van der Waals surface area contributed by atoms with E-state index in [4.69, 9.17) is 11.6 Å². The number of hydrogen-bond acceptors (Lipinski definition) is 2. The zero-order chi connectivity index (χ0) is 8.97. The van der Waals surface area contributed by atoms with Gasteiger partial charge in [0.15, 0.2) is 0 Å². The lowest BCUT2D eigenvalue weighted by Crippen LogP contribution is -2.12. The van der Waals surface area contributed by atoms with Crippen LogP contribution in [0.25, 0.3) is 0 Å². The van der Waals surface area contributed by atoms with Gasteiger partial charge < -0.3 is 5.32 Å². The smallest absolute Gasteiger partial charge is 0.145 e. The van der Waals surface area contributed by atoms with Crippen LogP contribution in [0.2, 0.25) is 5.02 Å². The molecular formula is C9H11ClN2. The van der Waals surface area contributed by atoms with Crippen LogP contribution in [0.3, 0.4) is 0 Å². The van der Waals surface area contributed by atoms with Gasteiger partial charge in [0, 0.05) is 12.2 Å². The van der Waals surface area contributed by atoms with Crippen LogP contribution in [-0.4, -0.2) is 11.0 Å². The molecule has 0 spiro atoms. The van der Waals surface area contributed by atoms with E-state index >= 15 is 0 Å². The van der Waals surface area contributed by atoms with Crippen molar-refractivity contribution < 1.29 is 0 Å². The van der Waals surface area contributed by atoms with Gasteiger partial charge in [0.1, 0.15) is 5.82 Å². The maximum Gasteiger partial charge on any atom is 0.145 e. The minimum absolute atomic E-state index is 0.178. The Labute approximate surface area is 77.3 Å². The first-order valence-corrected chi connectivity index (χ1v) is 4.11. The molecule has 1 aromatic heterocycles. The molecule has 1 aromatic rings. The number of aromatic nitrogens is 1. The molecule has 1 rings (SSSR count). The summed E-state index contributed by atoms with van der Waals surface area (Å²) in [6.45, 7) is 5.64. The molecule has 1 atom stereocenters. The number of halogens is 1. The van der Waals surface area contributed by atoms with Gasteiger partial charge in [0.2, 0.25) is 0 Å². The van der Waals surface area contributed by atoms with Crippen LogP contribution < -0.4 is 5.32 Å². The third kappa shape index (κ3) is 2.24. The average Bonchev–Trinajstić information content (AvgIpc) is 2.09. The van der Waals surface area contributed by atoms with Gasteiger partial charge in [-0.3, -0.25) is 0 Å². The molecule has 64 valence electrons. The van der Waals surface area contributed by atoms with E-state index in [0.717, 1.165) is 0 Å². The molecule has 0 fully saturated rings. The summed E-state index contributed by atoms with van der Waals surface area (Å²) in [4.78, 5) is 4.08. The Morgan fingerprint density at radius 1 is 1.75 bits per heavy atom. The fourth-order valence-corrected chi connectivity index (χ4v) is 0.943. The molecule has 1 heterocycles. The second kappa shape index (κ2) is 4.12. The maximum absolute atomic E-state index is 5.87. The summed E-state index contributed by atoms with van der Waals surface area (Å²) in [6.07, 6.45) is 3.50. The molecule has 0 radical (unpaired) electrons. The Kier molecular flexibility index (Phi) is 3.11. The molecule has 0 bridgehead atoms. The van der Waals surface area contributed by atoms with E-state index in [1.54, 1.807) is 24.4 Å². The predicted octanol–water partition coefficient (Wildman–Crippen LogP) is 2.72. The van der Waals surface area contributed by atoms with Gasteiger partial charge in [0.25, 0.3) is 0 Å². The van der Waals surface area contributed by atoms with Crippen molar-refractivity contribution in [2.75, 3.05) is 5.32 Å². The van der Waals surface area contributed by atoms with Gasteiger partial charge in [0.05, 0.1) is 5.02 Å². The fourth-order valence-electron chi connectivity index (χ4n) is 0.766. The molecule has 0 saturated carbocycles. The minimum Gasteiger partial charge on any atom is -0.363 e. The number of hydrogen-bond donors (Lipinski definition) is 1. The molecule has 12 heavy (non-hydrogen) atoms. The molecule has 0 aromatic carbocycles. The van der Waals surface area contributed by atoms with Gasteiger partial charge in [-0.2, -0.15) is 0 Å². The predicted molar refractivity (Wildman–Crippen MR) is 52.5 cm³/mol. The van der Waals surface area contributed by atoms with E-state index in [1.807, 2.05) is 6.92 Å². The lowest BCUT2D eigenvalue weighted by Gasteiger charge is -2.10. The summed E-state index contributed by atoms with van der Waals surface area (Å²) in [6, 6.07) is 3.77. The zero-order valence-electron chi connectivity index (χ0n) is 6.92. The number of nitrogens with zero attached hydrogens (tertiary/aromatic N) is 1. The summed E-state index contributed by atoms with van der Waals surface area (Å²) in [5.41, 5.74) is 0. The number of nitrogens with one attached hydrogen (secondary N) is 1. The van der Waals surface area contributed by atoms with Gasteiger partial charge in [-0.05, 0) is 19.1 Å².